The van der Waals surface area contributed by atoms with Gasteiger partial charge in [-0.1, -0.05) is 166 Å². The van der Waals surface area contributed by atoms with Crippen LogP contribution in [0.15, 0.2) is 217 Å². The standard InChI is InChI=1S/C58H44N2O/c1-58(2,3)42-28-24-41(25-29-42)53-38-46(36-37-47(53)51-19-13-20-52-50-18-9-12-23-56(50)61-57(51)52)59(43-30-26-40(27-31-43)39-14-5-4-6-15-39)44-32-34-45(35-33-44)60-54-21-10-7-16-48(54)49-17-8-11-22-55(49)60/h4-38H,1-3H3. The number of hydrogen-bond acceptors (Lipinski definition) is 2. The number of anilines is 3. The van der Waals surface area contributed by atoms with Crippen molar-refractivity contribution in [1.29, 1.82) is 0 Å². The number of rotatable bonds is 7. The summed E-state index contributed by atoms with van der Waals surface area (Å²) in [5.74, 6) is 0. The molecular formula is C58H44N2O. The van der Waals surface area contributed by atoms with Crippen LogP contribution in [-0.2, 0) is 5.41 Å². The van der Waals surface area contributed by atoms with E-state index >= 15 is 0 Å². The van der Waals surface area contributed by atoms with Crippen LogP contribution in [0.25, 0.3) is 82.8 Å². The lowest BCUT2D eigenvalue weighted by Crippen LogP contribution is -2.11. The third kappa shape index (κ3) is 6.38. The molecule has 292 valence electrons. The molecule has 0 bridgehead atoms. The van der Waals surface area contributed by atoms with Gasteiger partial charge in [-0.3, -0.25) is 0 Å². The molecule has 11 rings (SSSR count). The van der Waals surface area contributed by atoms with Crippen molar-refractivity contribution in [1.82, 2.24) is 4.57 Å². The second-order valence-electron chi connectivity index (χ2n) is 17.0. The molecule has 0 radical (unpaired) electrons. The highest BCUT2D eigenvalue weighted by Crippen LogP contribution is 2.45. The van der Waals surface area contributed by atoms with Gasteiger partial charge in [-0.2, -0.15) is 0 Å². The van der Waals surface area contributed by atoms with Crippen LogP contribution in [0.1, 0.15) is 26.3 Å². The Balaban J connectivity index is 1.10. The summed E-state index contributed by atoms with van der Waals surface area (Å²) in [4.78, 5) is 2.38. The van der Waals surface area contributed by atoms with Gasteiger partial charge in [-0.25, -0.2) is 0 Å². The van der Waals surface area contributed by atoms with E-state index in [1.807, 2.05) is 6.07 Å². The van der Waals surface area contributed by atoms with Gasteiger partial charge in [-0.05, 0) is 106 Å². The maximum atomic E-state index is 6.64. The lowest BCUT2D eigenvalue weighted by atomic mass is 9.85. The number of fused-ring (bicyclic) bond motifs is 6. The first kappa shape index (κ1) is 36.5. The van der Waals surface area contributed by atoms with Crippen LogP contribution >= 0.6 is 0 Å². The fraction of sp³-hybridized carbons (Fsp3) is 0.0690. The molecule has 0 fully saturated rings. The van der Waals surface area contributed by atoms with E-state index in [1.165, 1.54) is 38.5 Å². The zero-order valence-corrected chi connectivity index (χ0v) is 34.5. The van der Waals surface area contributed by atoms with Gasteiger partial charge in [0.15, 0.2) is 0 Å². The van der Waals surface area contributed by atoms with Crippen molar-refractivity contribution < 1.29 is 4.42 Å². The Morgan fingerprint density at radius 3 is 1.61 bits per heavy atom. The summed E-state index contributed by atoms with van der Waals surface area (Å²) in [5, 5.41) is 4.75. The van der Waals surface area contributed by atoms with Crippen molar-refractivity contribution in [3.05, 3.63) is 218 Å². The van der Waals surface area contributed by atoms with E-state index in [0.717, 1.165) is 66.9 Å². The summed E-state index contributed by atoms with van der Waals surface area (Å²) < 4.78 is 9.01. The molecule has 0 amide bonds. The van der Waals surface area contributed by atoms with Gasteiger partial charge in [0.25, 0.3) is 0 Å². The molecule has 0 spiro atoms. The van der Waals surface area contributed by atoms with Crippen molar-refractivity contribution in [3.8, 4) is 39.1 Å². The summed E-state index contributed by atoms with van der Waals surface area (Å²) >= 11 is 0. The van der Waals surface area contributed by atoms with Crippen LogP contribution in [0.5, 0.6) is 0 Å². The first-order valence-corrected chi connectivity index (χ1v) is 21.1. The summed E-state index contributed by atoms with van der Waals surface area (Å²) in [5.41, 5.74) is 16.7. The van der Waals surface area contributed by atoms with Crippen LogP contribution in [0.3, 0.4) is 0 Å². The molecule has 2 aromatic heterocycles. The van der Waals surface area contributed by atoms with E-state index in [-0.39, 0.29) is 5.41 Å². The molecule has 0 aliphatic heterocycles. The van der Waals surface area contributed by atoms with Gasteiger partial charge in [0.05, 0.1) is 11.0 Å². The number of nitrogens with zero attached hydrogens (tertiary/aromatic N) is 2. The fourth-order valence-corrected chi connectivity index (χ4v) is 9.09. The van der Waals surface area contributed by atoms with Crippen molar-refractivity contribution in [2.24, 2.45) is 0 Å². The number of aromatic nitrogens is 1. The highest BCUT2D eigenvalue weighted by molar-refractivity contribution is 6.11. The zero-order valence-electron chi connectivity index (χ0n) is 34.5. The molecule has 2 heterocycles. The van der Waals surface area contributed by atoms with Crippen LogP contribution in [0.4, 0.5) is 17.1 Å². The smallest absolute Gasteiger partial charge is 0.143 e. The lowest BCUT2D eigenvalue weighted by molar-refractivity contribution is 0.590. The zero-order chi connectivity index (χ0) is 41.1. The third-order valence-electron chi connectivity index (χ3n) is 12.2. The summed E-state index contributed by atoms with van der Waals surface area (Å²) in [6.07, 6.45) is 0. The Bertz CT molecular complexity index is 3310. The second kappa shape index (κ2) is 14.6. The molecule has 0 atom stereocenters. The van der Waals surface area contributed by atoms with Gasteiger partial charge < -0.3 is 13.9 Å². The normalized spacial score (nSPS) is 11.9. The molecule has 0 saturated heterocycles. The largest absolute Gasteiger partial charge is 0.455 e. The number of para-hydroxylation sites is 4. The van der Waals surface area contributed by atoms with E-state index in [4.69, 9.17) is 4.42 Å². The Morgan fingerprint density at radius 2 is 0.934 bits per heavy atom. The molecule has 0 aliphatic rings. The molecule has 61 heavy (non-hydrogen) atoms. The molecule has 9 aromatic carbocycles. The van der Waals surface area contributed by atoms with E-state index in [1.54, 1.807) is 0 Å². The molecule has 0 aliphatic carbocycles. The predicted octanol–water partition coefficient (Wildman–Crippen LogP) is 16.5. The summed E-state index contributed by atoms with van der Waals surface area (Å²) in [7, 11) is 0. The quantitative estimate of drug-likeness (QED) is 0.161. The first-order chi connectivity index (χ1) is 29.9. The number of furan rings is 1. The topological polar surface area (TPSA) is 21.3 Å². The minimum Gasteiger partial charge on any atom is -0.455 e. The minimum atomic E-state index is 0.0389. The van der Waals surface area contributed by atoms with Crippen LogP contribution in [-0.4, -0.2) is 4.57 Å². The van der Waals surface area contributed by atoms with E-state index in [0.29, 0.717) is 0 Å². The highest BCUT2D eigenvalue weighted by atomic mass is 16.3. The maximum Gasteiger partial charge on any atom is 0.143 e. The van der Waals surface area contributed by atoms with E-state index in [2.05, 4.69) is 236 Å². The van der Waals surface area contributed by atoms with Crippen molar-refractivity contribution >= 4 is 60.8 Å². The van der Waals surface area contributed by atoms with E-state index in [9.17, 15) is 0 Å². The van der Waals surface area contributed by atoms with Gasteiger partial charge in [0, 0.05) is 49.9 Å². The van der Waals surface area contributed by atoms with E-state index < -0.39 is 0 Å². The van der Waals surface area contributed by atoms with Gasteiger partial charge in [0.1, 0.15) is 11.2 Å². The van der Waals surface area contributed by atoms with Crippen LogP contribution < -0.4 is 4.90 Å². The van der Waals surface area contributed by atoms with Crippen molar-refractivity contribution in [3.63, 3.8) is 0 Å². The average Bonchev–Trinajstić information content (AvgIpc) is 3.86. The SMILES string of the molecule is CC(C)(C)c1ccc(-c2cc(N(c3ccc(-c4ccccc4)cc3)c3ccc(-n4c5ccccc5c5ccccc54)cc3)ccc2-c2cccc3c2oc2ccccc23)cc1. The third-order valence-corrected chi connectivity index (χ3v) is 12.2. The van der Waals surface area contributed by atoms with Crippen molar-refractivity contribution in [2.45, 2.75) is 26.2 Å². The van der Waals surface area contributed by atoms with Gasteiger partial charge in [-0.15, -0.1) is 0 Å². The second-order valence-corrected chi connectivity index (χ2v) is 17.0. The average molecular weight is 785 g/mol. The van der Waals surface area contributed by atoms with Gasteiger partial charge >= 0.3 is 0 Å². The predicted molar refractivity (Wildman–Crippen MR) is 258 cm³/mol. The van der Waals surface area contributed by atoms with Crippen molar-refractivity contribution in [2.75, 3.05) is 4.90 Å². The molecule has 3 heteroatoms. The summed E-state index contributed by atoms with van der Waals surface area (Å²) in [6.45, 7) is 6.80. The molecular weight excluding hydrogens is 741 g/mol. The summed E-state index contributed by atoms with van der Waals surface area (Å²) in [6, 6.07) is 76.7. The molecule has 0 saturated carbocycles. The number of benzene rings is 9. The molecule has 0 N–H and O–H groups in total. The monoisotopic (exact) mass is 784 g/mol. The molecule has 3 nitrogen and oxygen atoms in total. The first-order valence-electron chi connectivity index (χ1n) is 21.1. The molecule has 11 aromatic rings. The Morgan fingerprint density at radius 1 is 0.393 bits per heavy atom. The Labute approximate surface area is 356 Å². The van der Waals surface area contributed by atoms with Gasteiger partial charge in [0.2, 0.25) is 0 Å². The van der Waals surface area contributed by atoms with Crippen LogP contribution in [0.2, 0.25) is 0 Å². The fourth-order valence-electron chi connectivity index (χ4n) is 9.09. The van der Waals surface area contributed by atoms with Crippen LogP contribution in [0, 0.1) is 0 Å². The molecule has 0 unspecified atom stereocenters. The maximum absolute atomic E-state index is 6.64. The number of hydrogen-bond donors (Lipinski definition) is 0. The Hall–Kier alpha value is -7.62. The lowest BCUT2D eigenvalue weighted by Gasteiger charge is -2.27. The highest BCUT2D eigenvalue weighted by Gasteiger charge is 2.21. The Kier molecular flexibility index (Phi) is 8.72. The minimum absolute atomic E-state index is 0.0389.